The summed E-state index contributed by atoms with van der Waals surface area (Å²) in [5.41, 5.74) is 1.21. The monoisotopic (exact) mass is 470 g/mol. The summed E-state index contributed by atoms with van der Waals surface area (Å²) in [6.45, 7) is 0. The summed E-state index contributed by atoms with van der Waals surface area (Å²) in [4.78, 5) is 28.1. The average Bonchev–Trinajstić information content (AvgIpc) is 3.53. The largest absolute Gasteiger partial charge is 0.465 e. The Morgan fingerprint density at radius 2 is 1.13 bits per heavy atom. The fourth-order valence-electron chi connectivity index (χ4n) is 3.34. The fourth-order valence-corrected chi connectivity index (χ4v) is 7.56. The highest BCUT2D eigenvalue weighted by Gasteiger charge is 2.19. The molecule has 0 aliphatic heterocycles. The number of carbonyl (C=O) groups excluding carboxylic acids is 2. The first-order valence-corrected chi connectivity index (χ1v) is 12.3. The molecule has 4 nitrogen and oxygen atoms in total. The molecule has 0 bridgehead atoms. The number of benzene rings is 1. The van der Waals surface area contributed by atoms with E-state index in [9.17, 15) is 9.59 Å². The van der Waals surface area contributed by atoms with Crippen LogP contribution in [0.25, 0.3) is 39.7 Å². The molecule has 1 aromatic carbocycles. The Labute approximate surface area is 187 Å². The molecule has 0 saturated carbocycles. The Kier molecular flexibility index (Phi) is 4.94. The van der Waals surface area contributed by atoms with Crippen LogP contribution in [0.2, 0.25) is 0 Å². The summed E-state index contributed by atoms with van der Waals surface area (Å²) in [5.74, 6) is -0.627. The van der Waals surface area contributed by atoms with Crippen LogP contribution >= 0.6 is 45.3 Å². The number of hydrogen-bond donors (Lipinski definition) is 0. The van der Waals surface area contributed by atoms with E-state index in [4.69, 9.17) is 9.47 Å². The van der Waals surface area contributed by atoms with Gasteiger partial charge in [0.2, 0.25) is 0 Å². The predicted octanol–water partition coefficient (Wildman–Crippen LogP) is 7.15. The maximum Gasteiger partial charge on any atom is 0.339 e. The molecule has 0 aliphatic carbocycles. The molecule has 0 spiro atoms. The minimum absolute atomic E-state index is 0.313. The molecule has 4 aromatic heterocycles. The van der Waals surface area contributed by atoms with Gasteiger partial charge in [0, 0.05) is 19.2 Å². The van der Waals surface area contributed by atoms with Gasteiger partial charge in [0.15, 0.2) is 0 Å². The molecule has 0 aliphatic rings. The van der Waals surface area contributed by atoms with Gasteiger partial charge in [-0.1, -0.05) is 0 Å². The van der Waals surface area contributed by atoms with Gasteiger partial charge < -0.3 is 9.47 Å². The first kappa shape index (κ1) is 19.4. The molecular weight excluding hydrogens is 457 g/mol. The van der Waals surface area contributed by atoms with Crippen LogP contribution in [0.3, 0.4) is 0 Å². The van der Waals surface area contributed by atoms with E-state index < -0.39 is 0 Å². The second-order valence-electron chi connectivity index (χ2n) is 6.46. The molecule has 0 fully saturated rings. The zero-order chi connectivity index (χ0) is 20.8. The minimum Gasteiger partial charge on any atom is -0.465 e. The van der Waals surface area contributed by atoms with Gasteiger partial charge >= 0.3 is 11.9 Å². The Morgan fingerprint density at radius 1 is 0.700 bits per heavy atom. The molecule has 8 heteroatoms. The third kappa shape index (κ3) is 3.16. The highest BCUT2D eigenvalue weighted by Crippen LogP contribution is 2.43. The van der Waals surface area contributed by atoms with Crippen molar-refractivity contribution in [3.8, 4) is 19.5 Å². The fraction of sp³-hybridized carbons (Fsp3) is 0.0909. The minimum atomic E-state index is -0.313. The van der Waals surface area contributed by atoms with Crippen molar-refractivity contribution in [2.45, 2.75) is 0 Å². The van der Waals surface area contributed by atoms with E-state index in [0.717, 1.165) is 39.7 Å². The molecule has 0 atom stereocenters. The van der Waals surface area contributed by atoms with Gasteiger partial charge in [-0.2, -0.15) is 0 Å². The lowest BCUT2D eigenvalue weighted by Gasteiger charge is -1.98. The molecule has 150 valence electrons. The van der Waals surface area contributed by atoms with Gasteiger partial charge in [0.1, 0.15) is 0 Å². The van der Waals surface area contributed by atoms with Crippen molar-refractivity contribution in [1.29, 1.82) is 0 Å². The normalized spacial score (nSPS) is 11.3. The highest BCUT2D eigenvalue weighted by atomic mass is 32.1. The van der Waals surface area contributed by atoms with Crippen molar-refractivity contribution >= 4 is 77.5 Å². The van der Waals surface area contributed by atoms with Gasteiger partial charge in [-0.3, -0.25) is 0 Å². The van der Waals surface area contributed by atoms with Crippen molar-refractivity contribution in [3.05, 3.63) is 58.3 Å². The number of esters is 2. The summed E-state index contributed by atoms with van der Waals surface area (Å²) < 4.78 is 12.1. The molecule has 0 amide bonds. The Morgan fingerprint density at radius 3 is 1.53 bits per heavy atom. The quantitative estimate of drug-likeness (QED) is 0.262. The van der Waals surface area contributed by atoms with Crippen molar-refractivity contribution in [1.82, 2.24) is 0 Å². The summed E-state index contributed by atoms with van der Waals surface area (Å²) in [6, 6.07) is 12.2. The number of thiophene rings is 4. The van der Waals surface area contributed by atoms with Crippen molar-refractivity contribution in [2.24, 2.45) is 0 Å². The third-order valence-electron chi connectivity index (χ3n) is 4.74. The Hall–Kier alpha value is -2.52. The van der Waals surface area contributed by atoms with Crippen molar-refractivity contribution in [3.63, 3.8) is 0 Å². The molecule has 30 heavy (non-hydrogen) atoms. The second-order valence-corrected chi connectivity index (χ2v) is 10.5. The smallest absolute Gasteiger partial charge is 0.339 e. The number of carbonyl (C=O) groups is 2. The predicted molar refractivity (Wildman–Crippen MR) is 127 cm³/mol. The average molecular weight is 471 g/mol. The van der Waals surface area contributed by atoms with Gasteiger partial charge in [-0.25, -0.2) is 9.59 Å². The third-order valence-corrected chi connectivity index (χ3v) is 9.13. The lowest BCUT2D eigenvalue weighted by atomic mass is 10.1. The molecule has 0 saturated heterocycles. The van der Waals surface area contributed by atoms with Crippen LogP contribution in [0.1, 0.15) is 20.7 Å². The summed E-state index contributed by atoms with van der Waals surface area (Å²) >= 11 is 6.42. The van der Waals surface area contributed by atoms with E-state index >= 15 is 0 Å². The Bertz CT molecular complexity index is 1260. The van der Waals surface area contributed by atoms with Crippen LogP contribution in [0, 0.1) is 0 Å². The van der Waals surface area contributed by atoms with Crippen LogP contribution in [0.5, 0.6) is 0 Å². The van der Waals surface area contributed by atoms with E-state index in [2.05, 4.69) is 24.3 Å². The number of ether oxygens (including phenoxy) is 2. The van der Waals surface area contributed by atoms with Gasteiger partial charge in [0.05, 0.1) is 35.1 Å². The topological polar surface area (TPSA) is 52.6 Å². The van der Waals surface area contributed by atoms with Crippen molar-refractivity contribution < 1.29 is 19.1 Å². The van der Waals surface area contributed by atoms with Crippen LogP contribution < -0.4 is 0 Å². The number of rotatable bonds is 4. The maximum atomic E-state index is 12.0. The zero-order valence-electron chi connectivity index (χ0n) is 15.9. The van der Waals surface area contributed by atoms with Crippen LogP contribution in [0.4, 0.5) is 0 Å². The first-order valence-electron chi connectivity index (χ1n) is 8.88. The number of fused-ring (bicyclic) bond motifs is 2. The molecule has 5 rings (SSSR count). The lowest BCUT2D eigenvalue weighted by molar-refractivity contribution is 0.0593. The zero-order valence-corrected chi connectivity index (χ0v) is 19.2. The molecular formula is C22H14O4S4. The van der Waals surface area contributed by atoms with Gasteiger partial charge in [-0.05, 0) is 57.9 Å². The van der Waals surface area contributed by atoms with Crippen molar-refractivity contribution in [2.75, 3.05) is 14.2 Å². The SMILES string of the molecule is COC(=O)c1ccsc1-c1cc2cc3sc(-c4sccc4C(=O)OC)cc3cc2s1. The molecule has 0 unspecified atom stereocenters. The van der Waals surface area contributed by atoms with Crippen LogP contribution in [0.15, 0.2) is 47.2 Å². The standard InChI is InChI=1S/C22H14O4S4/c1-25-21(23)13-3-5-27-19(13)17-9-11-7-16-12(8-15(11)29-17)10-18(30-16)20-14(4-6-28-20)22(24)26-2/h3-10H,1-2H3. The van der Waals surface area contributed by atoms with Gasteiger partial charge in [0.25, 0.3) is 0 Å². The molecule has 0 radical (unpaired) electrons. The number of hydrogen-bond acceptors (Lipinski definition) is 8. The van der Waals surface area contributed by atoms with E-state index in [1.807, 2.05) is 10.8 Å². The molecule has 4 heterocycles. The van der Waals surface area contributed by atoms with Gasteiger partial charge in [-0.15, -0.1) is 45.3 Å². The second kappa shape index (κ2) is 7.63. The molecule has 0 N–H and O–H groups in total. The van der Waals surface area contributed by atoms with Crippen LogP contribution in [-0.4, -0.2) is 26.2 Å². The van der Waals surface area contributed by atoms with E-state index in [-0.39, 0.29) is 11.9 Å². The Balaban J connectivity index is 1.58. The molecule has 5 aromatic rings. The first-order chi connectivity index (χ1) is 14.6. The summed E-state index contributed by atoms with van der Waals surface area (Å²) in [5, 5.41) is 6.10. The lowest BCUT2D eigenvalue weighted by Crippen LogP contribution is -2.00. The number of methoxy groups -OCH3 is 2. The van der Waals surface area contributed by atoms with Crippen LogP contribution in [-0.2, 0) is 9.47 Å². The summed E-state index contributed by atoms with van der Waals surface area (Å²) in [7, 11) is 2.80. The maximum absolute atomic E-state index is 12.0. The van der Waals surface area contributed by atoms with E-state index in [0.29, 0.717) is 11.1 Å². The summed E-state index contributed by atoms with van der Waals surface area (Å²) in [6.07, 6.45) is 0. The highest BCUT2D eigenvalue weighted by molar-refractivity contribution is 7.27. The van der Waals surface area contributed by atoms with E-state index in [1.54, 1.807) is 57.5 Å². The van der Waals surface area contributed by atoms with E-state index in [1.165, 1.54) is 14.2 Å².